The van der Waals surface area contributed by atoms with Crippen molar-refractivity contribution in [2.24, 2.45) is 5.73 Å². The second-order valence-corrected chi connectivity index (χ2v) is 7.30. The third-order valence-corrected chi connectivity index (χ3v) is 5.32. The average molecular weight is 414 g/mol. The maximum atomic E-state index is 11.8. The van der Waals surface area contributed by atoms with E-state index in [0.717, 1.165) is 31.9 Å². The lowest BCUT2D eigenvalue weighted by molar-refractivity contribution is 0.100. The van der Waals surface area contributed by atoms with Crippen LogP contribution < -0.4 is 21.3 Å². The van der Waals surface area contributed by atoms with E-state index in [0.29, 0.717) is 28.4 Å². The summed E-state index contributed by atoms with van der Waals surface area (Å²) in [7, 11) is 0. The number of carbonyl (C=O) groups excluding carboxylic acids is 1. The van der Waals surface area contributed by atoms with Crippen molar-refractivity contribution >= 4 is 34.3 Å². The highest BCUT2D eigenvalue weighted by atomic mass is 16.1. The van der Waals surface area contributed by atoms with E-state index in [1.807, 2.05) is 18.2 Å². The maximum Gasteiger partial charge on any atom is 0.250 e. The van der Waals surface area contributed by atoms with Gasteiger partial charge in [0.15, 0.2) is 0 Å². The summed E-state index contributed by atoms with van der Waals surface area (Å²) in [5.74, 6) is 0.533. The van der Waals surface area contributed by atoms with Gasteiger partial charge in [0.05, 0.1) is 5.56 Å². The summed E-state index contributed by atoms with van der Waals surface area (Å²) in [5.41, 5.74) is 8.64. The number of nitrogens with two attached hydrogens (primary N) is 1. The van der Waals surface area contributed by atoms with Gasteiger partial charge < -0.3 is 21.3 Å². The molecular formula is C22H22N8O. The molecule has 1 aromatic carbocycles. The van der Waals surface area contributed by atoms with Gasteiger partial charge in [0.25, 0.3) is 5.91 Å². The maximum absolute atomic E-state index is 11.8. The van der Waals surface area contributed by atoms with E-state index < -0.39 is 5.91 Å². The highest BCUT2D eigenvalue weighted by molar-refractivity contribution is 6.05. The van der Waals surface area contributed by atoms with Gasteiger partial charge in [-0.15, -0.1) is 0 Å². The highest BCUT2D eigenvalue weighted by Gasteiger charge is 2.15. The summed E-state index contributed by atoms with van der Waals surface area (Å²) in [6.07, 6.45) is 5.00. The zero-order valence-corrected chi connectivity index (χ0v) is 16.8. The topological polar surface area (TPSA) is 114 Å². The number of amides is 1. The summed E-state index contributed by atoms with van der Waals surface area (Å²) in [6.45, 7) is 4.01. The molecule has 0 unspecified atom stereocenters. The van der Waals surface area contributed by atoms with Gasteiger partial charge in [0.1, 0.15) is 11.5 Å². The molecule has 0 saturated carbocycles. The van der Waals surface area contributed by atoms with Crippen LogP contribution in [0.25, 0.3) is 16.9 Å². The number of rotatable bonds is 5. The Morgan fingerprint density at radius 2 is 1.84 bits per heavy atom. The average Bonchev–Trinajstić information content (AvgIpc) is 3.21. The molecule has 0 spiro atoms. The van der Waals surface area contributed by atoms with Crippen molar-refractivity contribution in [3.63, 3.8) is 0 Å². The molecule has 1 amide bonds. The molecule has 9 heteroatoms. The number of fused-ring (bicyclic) bond motifs is 1. The molecule has 1 saturated heterocycles. The van der Waals surface area contributed by atoms with Crippen LogP contribution in [0.1, 0.15) is 10.4 Å². The molecule has 31 heavy (non-hydrogen) atoms. The Hall–Kier alpha value is -3.98. The molecule has 9 nitrogen and oxygen atoms in total. The van der Waals surface area contributed by atoms with E-state index in [1.165, 1.54) is 5.69 Å². The molecule has 3 aromatic heterocycles. The number of hydrogen-bond acceptors (Lipinski definition) is 7. The number of carbonyl (C=O) groups is 1. The van der Waals surface area contributed by atoms with Crippen LogP contribution in [0.3, 0.4) is 0 Å². The summed E-state index contributed by atoms with van der Waals surface area (Å²) >= 11 is 0. The first-order chi connectivity index (χ1) is 15.2. The highest BCUT2D eigenvalue weighted by Crippen LogP contribution is 2.24. The number of hydrogen-bond donors (Lipinski definition) is 3. The zero-order chi connectivity index (χ0) is 21.2. The van der Waals surface area contributed by atoms with Crippen LogP contribution in [0.5, 0.6) is 0 Å². The van der Waals surface area contributed by atoms with Crippen LogP contribution in [-0.4, -0.2) is 51.6 Å². The lowest BCUT2D eigenvalue weighted by Gasteiger charge is -2.29. The number of aromatic nitrogens is 4. The summed E-state index contributed by atoms with van der Waals surface area (Å²) in [6, 6.07) is 13.6. The van der Waals surface area contributed by atoms with E-state index in [1.54, 1.807) is 35.3 Å². The lowest BCUT2D eigenvalue weighted by Crippen LogP contribution is -2.43. The Morgan fingerprint density at radius 1 is 1.03 bits per heavy atom. The first-order valence-electron chi connectivity index (χ1n) is 10.1. The van der Waals surface area contributed by atoms with E-state index in [9.17, 15) is 4.79 Å². The predicted octanol–water partition coefficient (Wildman–Crippen LogP) is 2.07. The van der Waals surface area contributed by atoms with Gasteiger partial charge in [-0.1, -0.05) is 0 Å². The molecule has 156 valence electrons. The van der Waals surface area contributed by atoms with Crippen LogP contribution in [0, 0.1) is 0 Å². The Morgan fingerprint density at radius 3 is 2.61 bits per heavy atom. The smallest absolute Gasteiger partial charge is 0.250 e. The number of nitrogens with one attached hydrogen (secondary N) is 2. The third kappa shape index (κ3) is 3.78. The quantitative estimate of drug-likeness (QED) is 0.458. The van der Waals surface area contributed by atoms with Gasteiger partial charge in [-0.25, -0.2) is 9.97 Å². The first-order valence-corrected chi connectivity index (χ1v) is 10.1. The molecule has 0 radical (unpaired) electrons. The summed E-state index contributed by atoms with van der Waals surface area (Å²) in [4.78, 5) is 27.5. The normalized spacial score (nSPS) is 14.0. The number of primary amides is 1. The van der Waals surface area contributed by atoms with Crippen molar-refractivity contribution in [3.8, 4) is 5.82 Å². The van der Waals surface area contributed by atoms with E-state index >= 15 is 0 Å². The zero-order valence-electron chi connectivity index (χ0n) is 16.8. The molecule has 5 rings (SSSR count). The standard InChI is InChI=1S/C22H22N8O/c23-20(31)18-14-30(21-17(18)2-1-8-25-21)19-7-9-26-22(28-19)27-15-3-5-16(6-4-15)29-12-10-24-11-13-29/h1-9,14,24H,10-13H2,(H2,23,31)(H,26,27,28). The van der Waals surface area contributed by atoms with Gasteiger partial charge in [0.2, 0.25) is 5.95 Å². The second kappa shape index (κ2) is 8.04. The van der Waals surface area contributed by atoms with Crippen molar-refractivity contribution in [1.82, 2.24) is 24.8 Å². The SMILES string of the molecule is NC(=O)c1cn(-c2ccnc(Nc3ccc(N4CCNCC4)cc3)n2)c2ncccc12. The number of piperazine rings is 1. The Kier molecular flexibility index (Phi) is 4.93. The molecule has 1 fully saturated rings. The predicted molar refractivity (Wildman–Crippen MR) is 120 cm³/mol. The number of nitrogens with zero attached hydrogens (tertiary/aromatic N) is 5. The number of benzene rings is 1. The molecule has 1 aliphatic heterocycles. The van der Waals surface area contributed by atoms with Crippen LogP contribution in [0.2, 0.25) is 0 Å². The van der Waals surface area contributed by atoms with E-state index in [-0.39, 0.29) is 0 Å². The van der Waals surface area contributed by atoms with Gasteiger partial charge in [-0.3, -0.25) is 9.36 Å². The molecule has 0 atom stereocenters. The monoisotopic (exact) mass is 414 g/mol. The Balaban J connectivity index is 1.41. The van der Waals surface area contributed by atoms with Crippen molar-refractivity contribution in [2.75, 3.05) is 36.4 Å². The summed E-state index contributed by atoms with van der Waals surface area (Å²) < 4.78 is 1.75. The summed E-state index contributed by atoms with van der Waals surface area (Å²) in [5, 5.41) is 7.29. The minimum absolute atomic E-state index is 0.403. The van der Waals surface area contributed by atoms with Gasteiger partial charge in [0, 0.05) is 61.5 Å². The minimum atomic E-state index is -0.506. The van der Waals surface area contributed by atoms with Crippen molar-refractivity contribution < 1.29 is 4.79 Å². The van der Waals surface area contributed by atoms with Crippen LogP contribution in [-0.2, 0) is 0 Å². The molecule has 4 aromatic rings. The molecule has 4 N–H and O–H groups in total. The van der Waals surface area contributed by atoms with Crippen LogP contribution >= 0.6 is 0 Å². The van der Waals surface area contributed by atoms with E-state index in [4.69, 9.17) is 5.73 Å². The number of pyridine rings is 1. The molecule has 4 heterocycles. The fourth-order valence-corrected chi connectivity index (χ4v) is 3.78. The fourth-order valence-electron chi connectivity index (χ4n) is 3.78. The molecule has 0 aliphatic carbocycles. The van der Waals surface area contributed by atoms with Crippen LogP contribution in [0.4, 0.5) is 17.3 Å². The fraction of sp³-hybridized carbons (Fsp3) is 0.182. The molecule has 0 bridgehead atoms. The molecule has 1 aliphatic rings. The van der Waals surface area contributed by atoms with Crippen molar-refractivity contribution in [1.29, 1.82) is 0 Å². The number of anilines is 3. The minimum Gasteiger partial charge on any atom is -0.369 e. The first kappa shape index (κ1) is 19.0. The largest absolute Gasteiger partial charge is 0.369 e. The Bertz CT molecular complexity index is 1230. The lowest BCUT2D eigenvalue weighted by atomic mass is 10.2. The van der Waals surface area contributed by atoms with E-state index in [2.05, 4.69) is 42.6 Å². The van der Waals surface area contributed by atoms with Gasteiger partial charge in [-0.05, 0) is 42.5 Å². The van der Waals surface area contributed by atoms with Gasteiger partial charge in [-0.2, -0.15) is 4.98 Å². The van der Waals surface area contributed by atoms with Crippen molar-refractivity contribution in [3.05, 3.63) is 66.6 Å². The third-order valence-electron chi connectivity index (χ3n) is 5.32. The van der Waals surface area contributed by atoms with Gasteiger partial charge >= 0.3 is 0 Å². The van der Waals surface area contributed by atoms with Crippen LogP contribution in [0.15, 0.2) is 61.1 Å². The Labute approximate surface area is 178 Å². The second-order valence-electron chi connectivity index (χ2n) is 7.30. The molecular weight excluding hydrogens is 392 g/mol. The van der Waals surface area contributed by atoms with Crippen molar-refractivity contribution in [2.45, 2.75) is 0 Å².